The zero-order valence-corrected chi connectivity index (χ0v) is 12.9. The maximum atomic E-state index is 13.5. The van der Waals surface area contributed by atoms with Crippen LogP contribution in [0.15, 0.2) is 30.6 Å². The maximum absolute atomic E-state index is 13.5. The second kappa shape index (κ2) is 5.53. The topological polar surface area (TPSA) is 30.7 Å². The second-order valence-electron chi connectivity index (χ2n) is 5.50. The van der Waals surface area contributed by atoms with E-state index in [1.54, 1.807) is 0 Å². The Morgan fingerprint density at radius 1 is 0.870 bits per heavy atom. The number of benzene rings is 2. The van der Waals surface area contributed by atoms with Crippen LogP contribution in [0.25, 0.3) is 17.1 Å². The maximum Gasteiger partial charge on any atom is 0.194 e. The van der Waals surface area contributed by atoms with E-state index in [-0.39, 0.29) is 11.4 Å². The molecule has 0 unspecified atom stereocenters. The van der Waals surface area contributed by atoms with Gasteiger partial charge >= 0.3 is 0 Å². The second-order valence-corrected chi connectivity index (χ2v) is 5.50. The van der Waals surface area contributed by atoms with Gasteiger partial charge in [0, 0.05) is 5.56 Å². The molecule has 0 saturated heterocycles. The molecule has 3 rings (SSSR count). The zero-order valence-electron chi connectivity index (χ0n) is 12.9. The van der Waals surface area contributed by atoms with Gasteiger partial charge in [-0.05, 0) is 44.0 Å². The fraction of sp³-hybridized carbons (Fsp3) is 0.176. The van der Waals surface area contributed by atoms with Crippen molar-refractivity contribution in [2.75, 3.05) is 0 Å². The average molecular weight is 317 g/mol. The van der Waals surface area contributed by atoms with Crippen LogP contribution in [0.4, 0.5) is 13.2 Å². The molecule has 3 nitrogen and oxygen atoms in total. The van der Waals surface area contributed by atoms with Gasteiger partial charge in [0.2, 0.25) is 0 Å². The lowest BCUT2D eigenvalue weighted by Gasteiger charge is -2.13. The average Bonchev–Trinajstić information content (AvgIpc) is 2.92. The van der Waals surface area contributed by atoms with Gasteiger partial charge in [-0.25, -0.2) is 22.8 Å². The first kappa shape index (κ1) is 15.3. The summed E-state index contributed by atoms with van der Waals surface area (Å²) in [6.45, 7) is 5.83. The van der Waals surface area contributed by atoms with Gasteiger partial charge in [0.15, 0.2) is 23.3 Å². The molecule has 0 saturated carbocycles. The summed E-state index contributed by atoms with van der Waals surface area (Å²) in [6.07, 6.45) is 1.30. The van der Waals surface area contributed by atoms with Crippen molar-refractivity contribution in [3.05, 3.63) is 64.7 Å². The van der Waals surface area contributed by atoms with Gasteiger partial charge in [0.05, 0.1) is 5.69 Å². The molecule has 0 aliphatic rings. The summed E-state index contributed by atoms with van der Waals surface area (Å²) in [6, 6.07) is 5.80. The van der Waals surface area contributed by atoms with Crippen LogP contribution in [-0.4, -0.2) is 14.8 Å². The number of nitrogens with zero attached hydrogens (tertiary/aromatic N) is 3. The monoisotopic (exact) mass is 317 g/mol. The number of hydrogen-bond donors (Lipinski definition) is 0. The van der Waals surface area contributed by atoms with Crippen LogP contribution in [0.5, 0.6) is 0 Å². The molecule has 0 fully saturated rings. The highest BCUT2D eigenvalue weighted by Crippen LogP contribution is 2.27. The first-order chi connectivity index (χ1) is 10.9. The number of rotatable bonds is 2. The van der Waals surface area contributed by atoms with Gasteiger partial charge < -0.3 is 0 Å². The summed E-state index contributed by atoms with van der Waals surface area (Å²) in [5.74, 6) is -3.76. The van der Waals surface area contributed by atoms with E-state index >= 15 is 0 Å². The molecule has 1 heterocycles. The van der Waals surface area contributed by atoms with Crippen LogP contribution in [0, 0.1) is 38.2 Å². The Kier molecular flexibility index (Phi) is 3.67. The Balaban J connectivity index is 2.22. The van der Waals surface area contributed by atoms with E-state index in [1.165, 1.54) is 11.0 Å². The Morgan fingerprint density at radius 3 is 2.00 bits per heavy atom. The van der Waals surface area contributed by atoms with Crippen molar-refractivity contribution in [1.29, 1.82) is 0 Å². The van der Waals surface area contributed by atoms with Crippen LogP contribution >= 0.6 is 0 Å². The molecule has 0 radical (unpaired) electrons. The number of hydrogen-bond acceptors (Lipinski definition) is 2. The summed E-state index contributed by atoms with van der Waals surface area (Å²) >= 11 is 0. The lowest BCUT2D eigenvalue weighted by molar-refractivity contribution is 0.447. The Bertz CT molecular complexity index is 854. The first-order valence-corrected chi connectivity index (χ1v) is 7.01. The molecule has 6 heteroatoms. The van der Waals surface area contributed by atoms with Crippen molar-refractivity contribution in [3.63, 3.8) is 0 Å². The van der Waals surface area contributed by atoms with Gasteiger partial charge in [-0.2, -0.15) is 5.10 Å². The van der Waals surface area contributed by atoms with Crippen LogP contribution < -0.4 is 0 Å². The predicted octanol–water partition coefficient (Wildman–Crippen LogP) is 4.28. The summed E-state index contributed by atoms with van der Waals surface area (Å²) < 4.78 is 41.7. The van der Waals surface area contributed by atoms with E-state index in [9.17, 15) is 13.2 Å². The summed E-state index contributed by atoms with van der Waals surface area (Å²) in [7, 11) is 0. The number of aryl methyl sites for hydroxylation is 3. The lowest BCUT2D eigenvalue weighted by Crippen LogP contribution is -2.05. The molecular formula is C17H14F3N3. The van der Waals surface area contributed by atoms with E-state index in [2.05, 4.69) is 10.1 Å². The molecule has 0 aliphatic carbocycles. The van der Waals surface area contributed by atoms with Crippen molar-refractivity contribution >= 4 is 0 Å². The van der Waals surface area contributed by atoms with Crippen molar-refractivity contribution in [2.24, 2.45) is 0 Å². The van der Waals surface area contributed by atoms with E-state index in [0.29, 0.717) is 0 Å². The molecule has 0 bridgehead atoms. The molecule has 1 aromatic heterocycles. The van der Waals surface area contributed by atoms with Gasteiger partial charge in [-0.1, -0.05) is 17.7 Å². The standard InChI is InChI=1S/C17H14F3N3/c1-9-4-10(2)16(11(3)5-9)23-17(21-8-22-23)12-6-13(18)15(20)14(19)7-12/h4-8H,1-3H3. The largest absolute Gasteiger partial charge is 0.215 e. The minimum Gasteiger partial charge on any atom is -0.215 e. The van der Waals surface area contributed by atoms with Crippen LogP contribution in [-0.2, 0) is 0 Å². The third kappa shape index (κ3) is 2.60. The Morgan fingerprint density at radius 2 is 1.43 bits per heavy atom. The highest BCUT2D eigenvalue weighted by molar-refractivity contribution is 5.60. The molecule has 0 aliphatic heterocycles. The van der Waals surface area contributed by atoms with Crippen LogP contribution in [0.1, 0.15) is 16.7 Å². The van der Waals surface area contributed by atoms with Crippen molar-refractivity contribution in [1.82, 2.24) is 14.8 Å². The predicted molar refractivity (Wildman–Crippen MR) is 80.9 cm³/mol. The van der Waals surface area contributed by atoms with E-state index in [4.69, 9.17) is 0 Å². The van der Waals surface area contributed by atoms with Gasteiger partial charge in [0.1, 0.15) is 6.33 Å². The molecule has 23 heavy (non-hydrogen) atoms. The summed E-state index contributed by atoms with van der Waals surface area (Å²) in [4.78, 5) is 4.08. The van der Waals surface area contributed by atoms with Gasteiger partial charge in [-0.3, -0.25) is 0 Å². The summed E-state index contributed by atoms with van der Waals surface area (Å²) in [5, 5.41) is 4.16. The fourth-order valence-electron chi connectivity index (χ4n) is 2.79. The molecule has 3 aromatic rings. The van der Waals surface area contributed by atoms with Crippen LogP contribution in [0.3, 0.4) is 0 Å². The minimum absolute atomic E-state index is 0.123. The third-order valence-corrected chi connectivity index (χ3v) is 3.64. The van der Waals surface area contributed by atoms with Crippen LogP contribution in [0.2, 0.25) is 0 Å². The quantitative estimate of drug-likeness (QED) is 0.661. The smallest absolute Gasteiger partial charge is 0.194 e. The van der Waals surface area contributed by atoms with E-state index < -0.39 is 17.5 Å². The number of halogens is 3. The summed E-state index contributed by atoms with van der Waals surface area (Å²) in [5.41, 5.74) is 3.92. The number of aromatic nitrogens is 3. The van der Waals surface area contributed by atoms with Crippen molar-refractivity contribution in [2.45, 2.75) is 20.8 Å². The highest BCUT2D eigenvalue weighted by atomic mass is 19.2. The first-order valence-electron chi connectivity index (χ1n) is 7.01. The van der Waals surface area contributed by atoms with Gasteiger partial charge in [-0.15, -0.1) is 0 Å². The minimum atomic E-state index is -1.50. The van der Waals surface area contributed by atoms with E-state index in [0.717, 1.165) is 34.5 Å². The van der Waals surface area contributed by atoms with Crippen molar-refractivity contribution in [3.8, 4) is 17.1 Å². The molecule has 0 amide bonds. The lowest BCUT2D eigenvalue weighted by atomic mass is 10.0. The molecule has 0 N–H and O–H groups in total. The highest BCUT2D eigenvalue weighted by Gasteiger charge is 2.18. The molecule has 0 spiro atoms. The molecule has 2 aromatic carbocycles. The van der Waals surface area contributed by atoms with Crippen molar-refractivity contribution < 1.29 is 13.2 Å². The fourth-order valence-corrected chi connectivity index (χ4v) is 2.79. The Hall–Kier alpha value is -2.63. The molecular weight excluding hydrogens is 303 g/mol. The SMILES string of the molecule is Cc1cc(C)c(-n2ncnc2-c2cc(F)c(F)c(F)c2)c(C)c1. The normalized spacial score (nSPS) is 11.0. The molecule has 0 atom stereocenters. The van der Waals surface area contributed by atoms with Gasteiger partial charge in [0.25, 0.3) is 0 Å². The van der Waals surface area contributed by atoms with E-state index in [1.807, 2.05) is 32.9 Å². The zero-order chi connectivity index (χ0) is 16.7. The Labute approximate surface area is 131 Å². The third-order valence-electron chi connectivity index (χ3n) is 3.64. The molecule has 118 valence electrons.